The number of allylic oxidation sites excluding steroid dienone is 1. The molecule has 3 aliphatic rings. The SMILES string of the molecule is CC(=O)Nc1ccc(C#Cc2ccc(O)c3c2C[C@@H]2C[C@@H]4[C@@H](N(C)C)C(O)=C(C(N)=O)C(=O)[C@]4(O)C(O)=C2C3=O)cc1. The molecule has 0 spiro atoms. The van der Waals surface area contributed by atoms with Crippen molar-refractivity contribution in [2.75, 3.05) is 19.4 Å². The Morgan fingerprint density at radius 2 is 1.71 bits per heavy atom. The third kappa shape index (κ3) is 4.32. The van der Waals surface area contributed by atoms with E-state index in [4.69, 9.17) is 5.73 Å². The van der Waals surface area contributed by atoms with E-state index in [2.05, 4.69) is 17.2 Å². The van der Waals surface area contributed by atoms with Crippen LogP contribution in [0.4, 0.5) is 5.69 Å². The number of primary amides is 1. The molecule has 2 aromatic carbocycles. The van der Waals surface area contributed by atoms with Crippen molar-refractivity contribution >= 4 is 29.1 Å². The Bertz CT molecular complexity index is 1690. The van der Waals surface area contributed by atoms with Gasteiger partial charge in [0.2, 0.25) is 11.7 Å². The second-order valence-corrected chi connectivity index (χ2v) is 11.0. The van der Waals surface area contributed by atoms with E-state index < -0.39 is 58.0 Å². The third-order valence-corrected chi connectivity index (χ3v) is 8.15. The summed E-state index contributed by atoms with van der Waals surface area (Å²) in [6.07, 6.45) is 0.118. The lowest BCUT2D eigenvalue weighted by Crippen LogP contribution is -2.63. The number of aliphatic hydroxyl groups is 3. The molecule has 11 nitrogen and oxygen atoms in total. The summed E-state index contributed by atoms with van der Waals surface area (Å²) >= 11 is 0. The average molecular weight is 572 g/mol. The summed E-state index contributed by atoms with van der Waals surface area (Å²) in [5.41, 5.74) is 3.62. The Kier molecular flexibility index (Phi) is 6.92. The highest BCUT2D eigenvalue weighted by molar-refractivity contribution is 6.24. The van der Waals surface area contributed by atoms with E-state index in [1.54, 1.807) is 44.4 Å². The maximum absolute atomic E-state index is 13.8. The Hall–Kier alpha value is -4.92. The van der Waals surface area contributed by atoms with Crippen molar-refractivity contribution in [3.63, 3.8) is 0 Å². The molecule has 0 fully saturated rings. The van der Waals surface area contributed by atoms with Gasteiger partial charge in [-0.05, 0) is 74.8 Å². The van der Waals surface area contributed by atoms with Crippen LogP contribution in [0.3, 0.4) is 0 Å². The lowest BCUT2D eigenvalue weighted by atomic mass is 9.58. The molecule has 0 aliphatic heterocycles. The number of ketones is 2. The molecule has 0 saturated heterocycles. The Morgan fingerprint density at radius 1 is 1.05 bits per heavy atom. The third-order valence-electron chi connectivity index (χ3n) is 8.15. The first-order valence-corrected chi connectivity index (χ1v) is 13.2. The lowest BCUT2D eigenvalue weighted by molar-refractivity contribution is -0.148. The highest BCUT2D eigenvalue weighted by Gasteiger charge is 2.63. The van der Waals surface area contributed by atoms with Gasteiger partial charge in [0.25, 0.3) is 5.91 Å². The summed E-state index contributed by atoms with van der Waals surface area (Å²) in [7, 11) is 3.14. The Morgan fingerprint density at radius 3 is 2.31 bits per heavy atom. The van der Waals surface area contributed by atoms with Crippen molar-refractivity contribution in [2.45, 2.75) is 31.4 Å². The highest BCUT2D eigenvalue weighted by Crippen LogP contribution is 2.52. The predicted octanol–water partition coefficient (Wildman–Crippen LogP) is 1.48. The smallest absolute Gasteiger partial charge is 0.255 e. The molecule has 0 radical (unpaired) electrons. The number of aromatic hydroxyl groups is 1. The first-order valence-electron chi connectivity index (χ1n) is 13.2. The number of benzene rings is 2. The van der Waals surface area contributed by atoms with Crippen LogP contribution in [0.5, 0.6) is 5.75 Å². The second kappa shape index (κ2) is 10.2. The maximum Gasteiger partial charge on any atom is 0.255 e. The standard InChI is InChI=1S/C31H29N3O8/c1-14(35)33-18-9-5-15(6-10-18)4-7-16-8-11-21(36)23-19(16)12-17-13-20-25(34(2)3)27(38)24(30(32)41)29(40)31(20,42)28(39)22(17)26(23)37/h5-6,8-11,17,20,25,36,38-39,42H,12-13H2,1-3H3,(H2,32,41)(H,33,35)/t17-,20-,25-,31-/m1/s1. The zero-order valence-electron chi connectivity index (χ0n) is 23.1. The fourth-order valence-corrected chi connectivity index (χ4v) is 6.35. The van der Waals surface area contributed by atoms with Gasteiger partial charge in [0.1, 0.15) is 22.8 Å². The van der Waals surface area contributed by atoms with Crippen molar-refractivity contribution in [1.29, 1.82) is 0 Å². The van der Waals surface area contributed by atoms with E-state index in [1.165, 1.54) is 17.9 Å². The molecule has 3 aliphatic carbocycles. The topological polar surface area (TPSA) is 190 Å². The minimum absolute atomic E-state index is 0.0150. The molecular formula is C31H29N3O8. The van der Waals surface area contributed by atoms with E-state index >= 15 is 0 Å². The molecule has 2 amide bonds. The number of carbonyl (C=O) groups excluding carboxylic acids is 4. The molecule has 11 heteroatoms. The molecule has 42 heavy (non-hydrogen) atoms. The first-order chi connectivity index (χ1) is 19.8. The number of Topliss-reactive ketones (excluding diaryl/α,β-unsaturated/α-hetero) is 2. The van der Waals surface area contributed by atoms with Gasteiger partial charge in [-0.25, -0.2) is 0 Å². The van der Waals surface area contributed by atoms with Gasteiger partial charge in [0, 0.05) is 35.2 Å². The van der Waals surface area contributed by atoms with Gasteiger partial charge >= 0.3 is 0 Å². The molecule has 5 rings (SSSR count). The Labute approximate surface area is 240 Å². The van der Waals surface area contributed by atoms with Gasteiger partial charge in [-0.2, -0.15) is 0 Å². The maximum atomic E-state index is 13.8. The summed E-state index contributed by atoms with van der Waals surface area (Å²) < 4.78 is 0. The molecule has 7 N–H and O–H groups in total. The lowest BCUT2D eigenvalue weighted by Gasteiger charge is -2.50. The van der Waals surface area contributed by atoms with Crippen molar-refractivity contribution in [3.8, 4) is 17.6 Å². The van der Waals surface area contributed by atoms with Crippen molar-refractivity contribution in [2.24, 2.45) is 17.6 Å². The minimum Gasteiger partial charge on any atom is -0.510 e. The van der Waals surface area contributed by atoms with Crippen LogP contribution in [-0.2, 0) is 20.8 Å². The number of anilines is 1. The number of phenols is 1. The van der Waals surface area contributed by atoms with Crippen LogP contribution >= 0.6 is 0 Å². The van der Waals surface area contributed by atoms with Crippen LogP contribution < -0.4 is 11.1 Å². The number of phenolic OH excluding ortho intramolecular Hbond substituents is 1. The monoisotopic (exact) mass is 571 g/mol. The zero-order valence-corrected chi connectivity index (χ0v) is 23.1. The van der Waals surface area contributed by atoms with Crippen LogP contribution in [0.1, 0.15) is 40.4 Å². The normalized spacial score (nSPS) is 24.8. The summed E-state index contributed by atoms with van der Waals surface area (Å²) in [6, 6.07) is 8.65. The van der Waals surface area contributed by atoms with Crippen molar-refractivity contribution in [3.05, 3.63) is 81.3 Å². The zero-order chi connectivity index (χ0) is 30.7. The molecule has 216 valence electrons. The number of hydrogen-bond acceptors (Lipinski definition) is 9. The van der Waals surface area contributed by atoms with Gasteiger partial charge < -0.3 is 31.5 Å². The molecule has 4 atom stereocenters. The molecule has 0 bridgehead atoms. The number of rotatable bonds is 3. The number of nitrogens with one attached hydrogen (secondary N) is 1. The highest BCUT2D eigenvalue weighted by atomic mass is 16.3. The van der Waals surface area contributed by atoms with E-state index in [0.717, 1.165) is 0 Å². The number of nitrogens with two attached hydrogens (primary N) is 1. The van der Waals surface area contributed by atoms with Crippen LogP contribution in [0.2, 0.25) is 0 Å². The fraction of sp³-hybridized carbons (Fsp3) is 0.290. The average Bonchev–Trinajstić information content (AvgIpc) is 2.90. The van der Waals surface area contributed by atoms with E-state index in [0.29, 0.717) is 22.4 Å². The second-order valence-electron chi connectivity index (χ2n) is 11.0. The quantitative estimate of drug-likeness (QED) is 0.234. The largest absolute Gasteiger partial charge is 0.510 e. The number of carbonyl (C=O) groups is 4. The van der Waals surface area contributed by atoms with Crippen LogP contribution in [0.15, 0.2) is 59.1 Å². The first kappa shape index (κ1) is 28.6. The molecule has 0 unspecified atom stereocenters. The predicted molar refractivity (Wildman–Crippen MR) is 150 cm³/mol. The van der Waals surface area contributed by atoms with Crippen molar-refractivity contribution < 1.29 is 39.6 Å². The molecule has 0 saturated carbocycles. The van der Waals surface area contributed by atoms with Crippen LogP contribution in [0.25, 0.3) is 0 Å². The van der Waals surface area contributed by atoms with Gasteiger partial charge in [-0.15, -0.1) is 0 Å². The van der Waals surface area contributed by atoms with E-state index in [-0.39, 0.29) is 35.6 Å². The number of amides is 2. The van der Waals surface area contributed by atoms with E-state index in [9.17, 15) is 39.6 Å². The number of aliphatic hydroxyl groups excluding tert-OH is 2. The fourth-order valence-electron chi connectivity index (χ4n) is 6.35. The summed E-state index contributed by atoms with van der Waals surface area (Å²) in [4.78, 5) is 52.1. The molecular weight excluding hydrogens is 542 g/mol. The van der Waals surface area contributed by atoms with Gasteiger partial charge in [0.15, 0.2) is 11.4 Å². The van der Waals surface area contributed by atoms with E-state index in [1.807, 2.05) is 0 Å². The number of hydrogen-bond donors (Lipinski definition) is 6. The number of likely N-dealkylation sites (N-methyl/N-ethyl adjacent to an activating group) is 1. The number of nitrogens with zero attached hydrogens (tertiary/aromatic N) is 1. The summed E-state index contributed by atoms with van der Waals surface area (Å²) in [5.74, 6) is -1.20. The van der Waals surface area contributed by atoms with Gasteiger partial charge in [-0.3, -0.25) is 24.1 Å². The van der Waals surface area contributed by atoms with Crippen molar-refractivity contribution in [1.82, 2.24) is 4.90 Å². The summed E-state index contributed by atoms with van der Waals surface area (Å²) in [6.45, 7) is 1.40. The minimum atomic E-state index is -2.69. The van der Waals surface area contributed by atoms with Crippen LogP contribution in [0, 0.1) is 23.7 Å². The Balaban J connectivity index is 1.60. The molecule has 0 heterocycles. The van der Waals surface area contributed by atoms with Gasteiger partial charge in [0.05, 0.1) is 11.6 Å². The van der Waals surface area contributed by atoms with Gasteiger partial charge in [-0.1, -0.05) is 11.8 Å². The number of fused-ring (bicyclic) bond motifs is 3. The summed E-state index contributed by atoms with van der Waals surface area (Å²) in [5, 5.41) is 47.3. The molecule has 0 aromatic heterocycles. The molecule has 2 aromatic rings. The van der Waals surface area contributed by atoms with Crippen LogP contribution in [-0.4, -0.2) is 74.4 Å².